The molecule has 0 saturated carbocycles. The highest BCUT2D eigenvalue weighted by Gasteiger charge is 2.23. The molecule has 0 bridgehead atoms. The number of nitrogens with zero attached hydrogens (tertiary/aromatic N) is 3. The molecular formula is C18H20N4O3S. The van der Waals surface area contributed by atoms with Gasteiger partial charge in [0.15, 0.2) is 15.7 Å². The Morgan fingerprint density at radius 3 is 2.50 bits per heavy atom. The number of hydrogen-bond donors (Lipinski definition) is 1. The van der Waals surface area contributed by atoms with Gasteiger partial charge in [-0.25, -0.2) is 18.4 Å². The van der Waals surface area contributed by atoms with Gasteiger partial charge in [0.25, 0.3) is 5.91 Å². The van der Waals surface area contributed by atoms with Gasteiger partial charge in [-0.1, -0.05) is 12.1 Å². The lowest BCUT2D eigenvalue weighted by molar-refractivity contribution is 0.0947. The zero-order chi connectivity index (χ0) is 18.9. The van der Waals surface area contributed by atoms with Gasteiger partial charge in [-0.2, -0.15) is 0 Å². The minimum absolute atomic E-state index is 0.0959. The lowest BCUT2D eigenvalue weighted by atomic mass is 10.1. The molecule has 0 saturated heterocycles. The Balaban J connectivity index is 1.75. The summed E-state index contributed by atoms with van der Waals surface area (Å²) in [6.45, 7) is 1.95. The predicted molar refractivity (Wildman–Crippen MR) is 101 cm³/mol. The van der Waals surface area contributed by atoms with Gasteiger partial charge in [-0.05, 0) is 25.1 Å². The fourth-order valence-electron chi connectivity index (χ4n) is 2.71. The SMILES string of the molecule is Cc1cnc(-c2ccc(C(=O)N[C@@H]3C=CS(=O)(=O)C3)cc2)nc1N(C)C. The smallest absolute Gasteiger partial charge is 0.251 e. The predicted octanol–water partition coefficient (Wildman–Crippen LogP) is 1.56. The fourth-order valence-corrected chi connectivity index (χ4v) is 3.95. The van der Waals surface area contributed by atoms with E-state index >= 15 is 0 Å². The highest BCUT2D eigenvalue weighted by Crippen LogP contribution is 2.21. The topological polar surface area (TPSA) is 92.3 Å². The number of amides is 1. The molecule has 1 aromatic heterocycles. The standard InChI is InChI=1S/C18H20N4O3S/c1-12-10-19-16(21-17(12)22(2)3)13-4-6-14(7-5-13)18(23)20-15-8-9-26(24,25)11-15/h4-10,15H,11H2,1-3H3,(H,20,23)/t15-/m1/s1. The summed E-state index contributed by atoms with van der Waals surface area (Å²) in [4.78, 5) is 23.1. The Hall–Kier alpha value is -2.74. The maximum Gasteiger partial charge on any atom is 0.251 e. The van der Waals surface area contributed by atoms with Crippen molar-refractivity contribution < 1.29 is 13.2 Å². The number of sulfone groups is 1. The van der Waals surface area contributed by atoms with Crippen molar-refractivity contribution in [2.45, 2.75) is 13.0 Å². The first-order chi connectivity index (χ1) is 12.2. The van der Waals surface area contributed by atoms with E-state index in [0.29, 0.717) is 11.4 Å². The summed E-state index contributed by atoms with van der Waals surface area (Å²) in [5.74, 6) is 1.01. The first kappa shape index (κ1) is 18.1. The van der Waals surface area contributed by atoms with Crippen LogP contribution in [0.2, 0.25) is 0 Å². The molecule has 1 atom stereocenters. The number of hydrogen-bond acceptors (Lipinski definition) is 6. The first-order valence-electron chi connectivity index (χ1n) is 8.08. The number of anilines is 1. The number of aromatic nitrogens is 2. The zero-order valence-corrected chi connectivity index (χ0v) is 15.6. The Morgan fingerprint density at radius 1 is 1.23 bits per heavy atom. The first-order valence-corrected chi connectivity index (χ1v) is 9.80. The third-order valence-corrected chi connectivity index (χ3v) is 5.42. The Kier molecular flexibility index (Phi) is 4.78. The van der Waals surface area contributed by atoms with Crippen molar-refractivity contribution in [2.24, 2.45) is 0 Å². The number of carbonyl (C=O) groups is 1. The number of benzene rings is 1. The van der Waals surface area contributed by atoms with Gasteiger partial charge in [0, 0.05) is 42.4 Å². The molecule has 1 aliphatic rings. The molecule has 0 aliphatic carbocycles. The molecule has 136 valence electrons. The van der Waals surface area contributed by atoms with E-state index in [-0.39, 0.29) is 11.7 Å². The van der Waals surface area contributed by atoms with Crippen LogP contribution in [0.5, 0.6) is 0 Å². The molecule has 0 unspecified atom stereocenters. The van der Waals surface area contributed by atoms with Crippen LogP contribution < -0.4 is 10.2 Å². The Bertz CT molecular complexity index is 966. The summed E-state index contributed by atoms with van der Waals surface area (Å²) >= 11 is 0. The van der Waals surface area contributed by atoms with E-state index in [0.717, 1.165) is 22.4 Å². The second-order valence-corrected chi connectivity index (χ2v) is 8.34. The summed E-state index contributed by atoms with van der Waals surface area (Å²) in [5.41, 5.74) is 2.23. The zero-order valence-electron chi connectivity index (χ0n) is 14.8. The molecule has 1 N–H and O–H groups in total. The summed E-state index contributed by atoms with van der Waals surface area (Å²) in [7, 11) is 0.645. The van der Waals surface area contributed by atoms with Crippen molar-refractivity contribution >= 4 is 21.6 Å². The molecule has 2 aromatic rings. The molecule has 1 amide bonds. The second-order valence-electron chi connectivity index (χ2n) is 6.41. The van der Waals surface area contributed by atoms with Crippen molar-refractivity contribution in [1.29, 1.82) is 0 Å². The van der Waals surface area contributed by atoms with Crippen LogP contribution in [0.3, 0.4) is 0 Å². The van der Waals surface area contributed by atoms with Gasteiger partial charge in [-0.3, -0.25) is 4.79 Å². The molecule has 0 fully saturated rings. The van der Waals surface area contributed by atoms with Crippen LogP contribution in [-0.2, 0) is 9.84 Å². The van der Waals surface area contributed by atoms with E-state index < -0.39 is 15.9 Å². The summed E-state index contributed by atoms with van der Waals surface area (Å²) in [5, 5.41) is 3.84. The number of carbonyl (C=O) groups excluding carboxylic acids is 1. The number of aryl methyl sites for hydroxylation is 1. The maximum absolute atomic E-state index is 12.3. The molecule has 1 aromatic carbocycles. The largest absolute Gasteiger partial charge is 0.362 e. The maximum atomic E-state index is 12.3. The summed E-state index contributed by atoms with van der Waals surface area (Å²) < 4.78 is 22.8. The monoisotopic (exact) mass is 372 g/mol. The van der Waals surface area contributed by atoms with E-state index in [9.17, 15) is 13.2 Å². The average molecular weight is 372 g/mol. The van der Waals surface area contributed by atoms with Crippen LogP contribution in [0, 0.1) is 6.92 Å². The number of nitrogens with one attached hydrogen (secondary N) is 1. The van der Waals surface area contributed by atoms with Crippen LogP contribution in [0.25, 0.3) is 11.4 Å². The van der Waals surface area contributed by atoms with Crippen molar-refractivity contribution in [2.75, 3.05) is 24.7 Å². The van der Waals surface area contributed by atoms with Crippen LogP contribution in [-0.4, -0.2) is 50.2 Å². The minimum Gasteiger partial charge on any atom is -0.362 e. The van der Waals surface area contributed by atoms with Gasteiger partial charge in [0.2, 0.25) is 0 Å². The molecule has 2 heterocycles. The van der Waals surface area contributed by atoms with Crippen molar-refractivity contribution in [3.63, 3.8) is 0 Å². The molecule has 1 aliphatic heterocycles. The molecular weight excluding hydrogens is 352 g/mol. The summed E-state index contributed by atoms with van der Waals surface area (Å²) in [6.07, 6.45) is 3.26. The van der Waals surface area contributed by atoms with Crippen molar-refractivity contribution in [3.8, 4) is 11.4 Å². The Labute approximate surface area is 152 Å². The molecule has 26 heavy (non-hydrogen) atoms. The summed E-state index contributed by atoms with van der Waals surface area (Å²) in [6, 6.07) is 6.42. The van der Waals surface area contributed by atoms with E-state index in [1.165, 1.54) is 6.08 Å². The van der Waals surface area contributed by atoms with Crippen LogP contribution >= 0.6 is 0 Å². The Morgan fingerprint density at radius 2 is 1.92 bits per heavy atom. The van der Waals surface area contributed by atoms with Gasteiger partial charge in [0.05, 0.1) is 11.8 Å². The average Bonchev–Trinajstić information content (AvgIpc) is 2.93. The third-order valence-electron chi connectivity index (χ3n) is 4.02. The van der Waals surface area contributed by atoms with Crippen molar-refractivity contribution in [3.05, 3.63) is 53.1 Å². The van der Waals surface area contributed by atoms with Crippen LogP contribution in [0.1, 0.15) is 15.9 Å². The van der Waals surface area contributed by atoms with E-state index in [1.807, 2.05) is 25.9 Å². The van der Waals surface area contributed by atoms with Gasteiger partial charge in [0.1, 0.15) is 5.82 Å². The van der Waals surface area contributed by atoms with Crippen LogP contribution in [0.4, 0.5) is 5.82 Å². The lowest BCUT2D eigenvalue weighted by Gasteiger charge is -2.15. The third kappa shape index (κ3) is 3.91. The fraction of sp³-hybridized carbons (Fsp3) is 0.278. The quantitative estimate of drug-likeness (QED) is 0.876. The molecule has 0 radical (unpaired) electrons. The second kappa shape index (κ2) is 6.87. The van der Waals surface area contributed by atoms with Crippen LogP contribution in [0.15, 0.2) is 41.9 Å². The van der Waals surface area contributed by atoms with E-state index in [1.54, 1.807) is 30.5 Å². The number of rotatable bonds is 4. The van der Waals surface area contributed by atoms with Gasteiger partial charge in [-0.15, -0.1) is 0 Å². The normalized spacial score (nSPS) is 17.9. The molecule has 3 rings (SSSR count). The van der Waals surface area contributed by atoms with E-state index in [4.69, 9.17) is 0 Å². The minimum atomic E-state index is -3.20. The lowest BCUT2D eigenvalue weighted by Crippen LogP contribution is -2.35. The highest BCUT2D eigenvalue weighted by atomic mass is 32.2. The van der Waals surface area contributed by atoms with Gasteiger partial charge < -0.3 is 10.2 Å². The molecule has 0 spiro atoms. The van der Waals surface area contributed by atoms with Crippen molar-refractivity contribution in [1.82, 2.24) is 15.3 Å². The van der Waals surface area contributed by atoms with Gasteiger partial charge >= 0.3 is 0 Å². The highest BCUT2D eigenvalue weighted by molar-refractivity contribution is 7.94. The molecule has 8 heteroatoms. The molecule has 7 nitrogen and oxygen atoms in total. The van der Waals surface area contributed by atoms with E-state index in [2.05, 4.69) is 15.3 Å².